The van der Waals surface area contributed by atoms with Crippen molar-refractivity contribution < 1.29 is 27.9 Å². The van der Waals surface area contributed by atoms with Gasteiger partial charge in [-0.25, -0.2) is 18.4 Å². The van der Waals surface area contributed by atoms with Crippen LogP contribution in [0.5, 0.6) is 0 Å². The topological polar surface area (TPSA) is 122 Å². The molecule has 2 saturated heterocycles. The highest BCUT2D eigenvalue weighted by atomic mass is 35.5. The first-order valence-electron chi connectivity index (χ1n) is 12.8. The molecule has 0 bridgehead atoms. The smallest absolute Gasteiger partial charge is 0.323 e. The van der Waals surface area contributed by atoms with Crippen LogP contribution in [0.15, 0.2) is 48.7 Å². The number of benzene rings is 2. The second kappa shape index (κ2) is 11.4. The molecule has 5 rings (SSSR count). The lowest BCUT2D eigenvalue weighted by Crippen LogP contribution is -2.48. The molecule has 13 heteroatoms. The Morgan fingerprint density at radius 3 is 2.62 bits per heavy atom. The Balaban J connectivity index is 1.38. The van der Waals surface area contributed by atoms with E-state index in [1.807, 2.05) is 4.90 Å². The molecule has 0 radical (unpaired) electrons. The van der Waals surface area contributed by atoms with E-state index in [4.69, 9.17) is 22.1 Å². The van der Waals surface area contributed by atoms with Gasteiger partial charge in [-0.3, -0.25) is 14.3 Å². The van der Waals surface area contributed by atoms with Crippen molar-refractivity contribution in [2.45, 2.75) is 24.7 Å². The van der Waals surface area contributed by atoms with E-state index in [1.54, 1.807) is 30.3 Å². The zero-order valence-electron chi connectivity index (χ0n) is 21.5. The van der Waals surface area contributed by atoms with Gasteiger partial charge < -0.3 is 26.0 Å². The zero-order chi connectivity index (χ0) is 28.4. The highest BCUT2D eigenvalue weighted by molar-refractivity contribution is 6.30. The minimum atomic E-state index is -1.88. The van der Waals surface area contributed by atoms with Crippen molar-refractivity contribution in [2.75, 3.05) is 44.7 Å². The summed E-state index contributed by atoms with van der Waals surface area (Å²) in [5.41, 5.74) is 4.53. The molecule has 0 aliphatic carbocycles. The summed E-state index contributed by atoms with van der Waals surface area (Å²) in [5, 5.41) is 5.80. The highest BCUT2D eigenvalue weighted by Gasteiger charge is 2.50. The maximum Gasteiger partial charge on any atom is 0.323 e. The first kappa shape index (κ1) is 27.8. The lowest BCUT2D eigenvalue weighted by atomic mass is 10.0. The third-order valence-corrected chi connectivity index (χ3v) is 7.53. The van der Waals surface area contributed by atoms with E-state index in [0.717, 1.165) is 4.90 Å². The average Bonchev–Trinajstić information content (AvgIpc) is 3.48. The number of nitrogens with two attached hydrogens (primary N) is 1. The fourth-order valence-electron chi connectivity index (χ4n) is 5.29. The Morgan fingerprint density at radius 1 is 1.12 bits per heavy atom. The molecule has 2 aliphatic heterocycles. The molecule has 2 fully saturated rings. The number of nitrogens with one attached hydrogen (secondary N) is 2. The van der Waals surface area contributed by atoms with Gasteiger partial charge in [-0.15, -0.1) is 0 Å². The number of carbonyl (C=O) groups excluding carboxylic acids is 3. The molecule has 3 heterocycles. The van der Waals surface area contributed by atoms with Crippen LogP contribution in [-0.2, 0) is 16.1 Å². The molecule has 4 amide bonds. The Hall–Kier alpha value is -3.74. The summed E-state index contributed by atoms with van der Waals surface area (Å²) in [6.07, 6.45) is 1.14. The van der Waals surface area contributed by atoms with Crippen molar-refractivity contribution in [3.63, 3.8) is 0 Å². The van der Waals surface area contributed by atoms with Crippen LogP contribution in [0.4, 0.5) is 24.1 Å². The third-order valence-electron chi connectivity index (χ3n) is 7.24. The van der Waals surface area contributed by atoms with Crippen LogP contribution in [0, 0.1) is 5.82 Å². The number of anilines is 1. The number of urea groups is 1. The van der Waals surface area contributed by atoms with Gasteiger partial charge >= 0.3 is 12.1 Å². The molecule has 2 aromatic carbocycles. The van der Waals surface area contributed by atoms with Crippen molar-refractivity contribution in [3.8, 4) is 0 Å². The van der Waals surface area contributed by atoms with Gasteiger partial charge in [0.15, 0.2) is 0 Å². The van der Waals surface area contributed by atoms with Crippen LogP contribution in [-0.4, -0.2) is 83.4 Å². The number of carbonyl (C=O) groups is 3. The first-order valence-corrected chi connectivity index (χ1v) is 13.2. The van der Waals surface area contributed by atoms with Crippen LogP contribution in [0.25, 0.3) is 10.9 Å². The molecule has 4 N–H and O–H groups in total. The number of primary amides is 1. The first-order chi connectivity index (χ1) is 19.1. The van der Waals surface area contributed by atoms with Gasteiger partial charge in [-0.1, -0.05) is 41.9 Å². The molecule has 3 aromatic rings. The van der Waals surface area contributed by atoms with Gasteiger partial charge in [0.1, 0.15) is 17.5 Å². The van der Waals surface area contributed by atoms with E-state index < -0.39 is 35.5 Å². The number of rotatable bonds is 6. The number of amides is 4. The molecule has 2 aliphatic rings. The molecule has 40 heavy (non-hydrogen) atoms. The Kier molecular flexibility index (Phi) is 7.92. The molecule has 0 unspecified atom stereocenters. The standard InChI is InChI=1S/C27H29ClF2N6O4/c28-19-6-3-4-17(23(19)29)13-32-24(37)22-12-27(30,15-34-8-10-40-11-9-34)16-36(22)26(39)33-20-14-35(25(31)38)21-7-2-1-5-18(20)21/h1-7,14,22H,8-13,15-16H2,(H2,31,38)(H,32,37)(H,33,39)/t22-,27-/m0/s1. The predicted octanol–water partition coefficient (Wildman–Crippen LogP) is 3.32. The summed E-state index contributed by atoms with van der Waals surface area (Å²) >= 11 is 5.85. The lowest BCUT2D eigenvalue weighted by Gasteiger charge is -2.32. The summed E-state index contributed by atoms with van der Waals surface area (Å²) in [6.45, 7) is 1.51. The Labute approximate surface area is 234 Å². The second-order valence-electron chi connectivity index (χ2n) is 10.0. The Bertz CT molecular complexity index is 1450. The van der Waals surface area contributed by atoms with Gasteiger partial charge in [0.2, 0.25) is 5.91 Å². The number of alkyl halides is 1. The summed E-state index contributed by atoms with van der Waals surface area (Å²) < 4.78 is 37.2. The fourth-order valence-corrected chi connectivity index (χ4v) is 5.49. The van der Waals surface area contributed by atoms with Crippen LogP contribution in [0.2, 0.25) is 5.02 Å². The zero-order valence-corrected chi connectivity index (χ0v) is 22.3. The van der Waals surface area contributed by atoms with Crippen LogP contribution < -0.4 is 16.4 Å². The number of ether oxygens (including phenoxy) is 1. The number of para-hydroxylation sites is 1. The van der Waals surface area contributed by atoms with Gasteiger partial charge in [-0.2, -0.15) is 0 Å². The quantitative estimate of drug-likeness (QED) is 0.417. The number of hydrogen-bond donors (Lipinski definition) is 3. The number of hydrogen-bond acceptors (Lipinski definition) is 5. The van der Waals surface area contributed by atoms with Gasteiger partial charge in [0.05, 0.1) is 36.0 Å². The van der Waals surface area contributed by atoms with Crippen LogP contribution in [0.1, 0.15) is 12.0 Å². The predicted molar refractivity (Wildman–Crippen MR) is 145 cm³/mol. The molecular formula is C27H29ClF2N6O4. The van der Waals surface area contributed by atoms with E-state index in [-0.39, 0.29) is 42.3 Å². The summed E-state index contributed by atoms with van der Waals surface area (Å²) in [7, 11) is 0. The second-order valence-corrected chi connectivity index (χ2v) is 10.4. The molecule has 2 atom stereocenters. The molecule has 10 nitrogen and oxygen atoms in total. The van der Waals surface area contributed by atoms with Gasteiger partial charge in [-0.05, 0) is 12.1 Å². The summed E-state index contributed by atoms with van der Waals surface area (Å²) in [4.78, 5) is 41.8. The maximum atomic E-state index is 16.3. The van der Waals surface area contributed by atoms with Crippen molar-refractivity contribution in [2.24, 2.45) is 5.73 Å². The van der Waals surface area contributed by atoms with E-state index >= 15 is 4.39 Å². The average molecular weight is 575 g/mol. The van der Waals surface area contributed by atoms with E-state index in [1.165, 1.54) is 22.9 Å². The van der Waals surface area contributed by atoms with Gasteiger partial charge in [0, 0.05) is 49.7 Å². The van der Waals surface area contributed by atoms with Crippen LogP contribution in [0.3, 0.4) is 0 Å². The number of fused-ring (bicyclic) bond motifs is 1. The third kappa shape index (κ3) is 5.74. The molecule has 212 valence electrons. The van der Waals surface area contributed by atoms with Crippen molar-refractivity contribution in [3.05, 3.63) is 65.1 Å². The number of nitrogens with zero attached hydrogens (tertiary/aromatic N) is 3. The number of morpholine rings is 1. The molecule has 0 saturated carbocycles. The highest BCUT2D eigenvalue weighted by Crippen LogP contribution is 2.34. The van der Waals surface area contributed by atoms with E-state index in [9.17, 15) is 18.8 Å². The van der Waals surface area contributed by atoms with Crippen molar-refractivity contribution in [1.29, 1.82) is 0 Å². The minimum absolute atomic E-state index is 0.0217. The summed E-state index contributed by atoms with van der Waals surface area (Å²) in [6, 6.07) is 8.63. The largest absolute Gasteiger partial charge is 0.379 e. The van der Waals surface area contributed by atoms with E-state index in [0.29, 0.717) is 37.2 Å². The Morgan fingerprint density at radius 2 is 1.88 bits per heavy atom. The van der Waals surface area contributed by atoms with Crippen molar-refractivity contribution in [1.82, 2.24) is 19.7 Å². The number of likely N-dealkylation sites (tertiary alicyclic amines) is 1. The lowest BCUT2D eigenvalue weighted by molar-refractivity contribution is -0.125. The molecular weight excluding hydrogens is 546 g/mol. The number of halogens is 3. The molecule has 0 spiro atoms. The normalized spacial score (nSPS) is 21.5. The maximum absolute atomic E-state index is 16.3. The van der Waals surface area contributed by atoms with Gasteiger partial charge in [0.25, 0.3) is 0 Å². The van der Waals surface area contributed by atoms with E-state index in [2.05, 4.69) is 10.6 Å². The monoisotopic (exact) mass is 574 g/mol. The fraction of sp³-hybridized carbons (Fsp3) is 0.370. The van der Waals surface area contributed by atoms with Crippen molar-refractivity contribution >= 4 is 46.2 Å². The van der Waals surface area contributed by atoms with Crippen LogP contribution >= 0.6 is 11.6 Å². The summed E-state index contributed by atoms with van der Waals surface area (Å²) in [5.74, 6) is -1.29. The number of aromatic nitrogens is 1. The molecule has 1 aromatic heterocycles. The minimum Gasteiger partial charge on any atom is -0.379 e. The SMILES string of the molecule is NC(=O)n1cc(NC(=O)N2C[C@@](F)(CN3CCOCC3)C[C@H]2C(=O)NCc2cccc(Cl)c2F)c2ccccc21.